The number of hydrogen-bond acceptors (Lipinski definition) is 4. The van der Waals surface area contributed by atoms with Crippen LogP contribution in [0.1, 0.15) is 6.42 Å². The topological polar surface area (TPSA) is 58.9 Å². The number of hydrogen-bond donors (Lipinski definition) is 0. The van der Waals surface area contributed by atoms with Gasteiger partial charge in [0.1, 0.15) is 0 Å². The van der Waals surface area contributed by atoms with Crippen molar-refractivity contribution in [2.45, 2.75) is 30.2 Å². The maximum absolute atomic E-state index is 12.9. The lowest BCUT2D eigenvalue weighted by Gasteiger charge is -2.34. The van der Waals surface area contributed by atoms with Gasteiger partial charge in [0.25, 0.3) is 0 Å². The minimum atomic E-state index is -6.66. The van der Waals surface area contributed by atoms with Crippen molar-refractivity contribution in [3.63, 3.8) is 0 Å². The summed E-state index contributed by atoms with van der Waals surface area (Å²) in [7, 11) is 0. The van der Waals surface area contributed by atoms with Gasteiger partial charge in [-0.15, -0.1) is 4.99 Å². The van der Waals surface area contributed by atoms with Crippen molar-refractivity contribution >= 4 is 12.2 Å². The fraction of sp³-hybridized carbons (Fsp3) is 0.750. The normalized spacial score (nSPS) is 13.4. The predicted molar refractivity (Wildman–Crippen MR) is 45.5 cm³/mol. The third-order valence-corrected chi connectivity index (χ3v) is 2.02. The van der Waals surface area contributed by atoms with Gasteiger partial charge in [-0.25, -0.2) is 14.6 Å². The second-order valence-corrected chi connectivity index (χ2v) is 3.32. The Balaban J connectivity index is 5.58. The zero-order chi connectivity index (χ0) is 16.2. The SMILES string of the molecule is O=C=NCCC(F)(F)C(F)(F)C(F)(F)C(F)(F)N=C=O. The zero-order valence-corrected chi connectivity index (χ0v) is 9.15. The van der Waals surface area contributed by atoms with E-state index in [1.54, 1.807) is 0 Å². The van der Waals surface area contributed by atoms with Gasteiger partial charge in [-0.3, -0.25) is 0 Å². The molecule has 0 saturated carbocycles. The molecule has 0 atom stereocenters. The largest absolute Gasteiger partial charge is 0.421 e. The van der Waals surface area contributed by atoms with Gasteiger partial charge in [-0.2, -0.15) is 35.1 Å². The molecule has 0 aromatic rings. The molecular formula is C8H4F8N2O2. The number of halogens is 8. The van der Waals surface area contributed by atoms with Gasteiger partial charge in [0.05, 0.1) is 6.54 Å². The molecule has 0 radical (unpaired) electrons. The summed E-state index contributed by atoms with van der Waals surface area (Å²) < 4.78 is 102. The molecule has 20 heavy (non-hydrogen) atoms. The molecular weight excluding hydrogens is 308 g/mol. The monoisotopic (exact) mass is 312 g/mol. The van der Waals surface area contributed by atoms with Crippen molar-refractivity contribution in [1.29, 1.82) is 0 Å². The van der Waals surface area contributed by atoms with Crippen LogP contribution in [0.2, 0.25) is 0 Å². The Bertz CT molecular complexity index is 451. The summed E-state index contributed by atoms with van der Waals surface area (Å²) >= 11 is 0. The number of isocyanates is 2. The zero-order valence-electron chi connectivity index (χ0n) is 9.15. The molecule has 0 unspecified atom stereocenters. The summed E-state index contributed by atoms with van der Waals surface area (Å²) in [5.41, 5.74) is 0. The lowest BCUT2D eigenvalue weighted by Crippen LogP contribution is -2.61. The van der Waals surface area contributed by atoms with E-state index in [1.165, 1.54) is 0 Å². The van der Waals surface area contributed by atoms with E-state index >= 15 is 0 Å². The van der Waals surface area contributed by atoms with E-state index in [0.29, 0.717) is 6.08 Å². The van der Waals surface area contributed by atoms with Crippen molar-refractivity contribution in [3.8, 4) is 0 Å². The lowest BCUT2D eigenvalue weighted by molar-refractivity contribution is -0.364. The summed E-state index contributed by atoms with van der Waals surface area (Å²) in [4.78, 5) is 22.5. The molecule has 0 heterocycles. The fourth-order valence-corrected chi connectivity index (χ4v) is 0.945. The van der Waals surface area contributed by atoms with Gasteiger partial charge in [0.2, 0.25) is 12.2 Å². The number of carbonyl (C=O) groups excluding carboxylic acids is 2. The molecule has 0 saturated heterocycles. The third-order valence-electron chi connectivity index (χ3n) is 2.02. The van der Waals surface area contributed by atoms with Crippen LogP contribution in [-0.2, 0) is 9.59 Å². The highest BCUT2D eigenvalue weighted by molar-refractivity contribution is 5.34. The second-order valence-electron chi connectivity index (χ2n) is 3.32. The summed E-state index contributed by atoms with van der Waals surface area (Å²) in [6, 6.07) is -6.09. The summed E-state index contributed by atoms with van der Waals surface area (Å²) in [6.45, 7) is -1.34. The molecule has 0 N–H and O–H groups in total. The second kappa shape index (κ2) is 5.68. The van der Waals surface area contributed by atoms with Gasteiger partial charge in [-0.05, 0) is 0 Å². The highest BCUT2D eigenvalue weighted by Crippen LogP contribution is 2.53. The molecule has 0 amide bonds. The summed E-state index contributed by atoms with van der Waals surface area (Å²) in [5.74, 6) is -18.9. The van der Waals surface area contributed by atoms with Crippen molar-refractivity contribution < 1.29 is 44.7 Å². The van der Waals surface area contributed by atoms with Crippen LogP contribution in [0.3, 0.4) is 0 Å². The first-order chi connectivity index (χ1) is 8.87. The van der Waals surface area contributed by atoms with Crippen molar-refractivity contribution in [2.24, 2.45) is 9.98 Å². The van der Waals surface area contributed by atoms with Crippen molar-refractivity contribution in [3.05, 3.63) is 0 Å². The standard InChI is InChI=1S/C8H4F8N2O2/c9-5(10,1-2-17-3-19)6(11,12)7(13,14)8(15,16)18-4-20/h1-2H2. The maximum Gasteiger partial charge on any atom is 0.421 e. The van der Waals surface area contributed by atoms with Gasteiger partial charge < -0.3 is 0 Å². The van der Waals surface area contributed by atoms with Crippen LogP contribution in [0.5, 0.6) is 0 Å². The van der Waals surface area contributed by atoms with Crippen LogP contribution >= 0.6 is 0 Å². The van der Waals surface area contributed by atoms with Crippen LogP contribution in [0.25, 0.3) is 0 Å². The predicted octanol–water partition coefficient (Wildman–Crippen LogP) is 2.55. The average Bonchev–Trinajstić information content (AvgIpc) is 2.28. The van der Waals surface area contributed by atoms with E-state index in [4.69, 9.17) is 0 Å². The van der Waals surface area contributed by atoms with E-state index in [2.05, 4.69) is 4.99 Å². The Morgan fingerprint density at radius 1 is 0.800 bits per heavy atom. The minimum absolute atomic E-state index is 0.113. The summed E-state index contributed by atoms with van der Waals surface area (Å²) in [5, 5.41) is 0. The molecule has 0 aliphatic heterocycles. The minimum Gasteiger partial charge on any atom is -0.211 e. The first-order valence-corrected chi connectivity index (χ1v) is 4.51. The molecule has 0 rings (SSSR count). The Morgan fingerprint density at radius 3 is 1.70 bits per heavy atom. The fourth-order valence-electron chi connectivity index (χ4n) is 0.945. The molecule has 0 aromatic carbocycles. The highest BCUT2D eigenvalue weighted by atomic mass is 19.4. The first kappa shape index (κ1) is 18.2. The van der Waals surface area contributed by atoms with Crippen LogP contribution in [-0.4, -0.2) is 42.5 Å². The Morgan fingerprint density at radius 2 is 1.30 bits per heavy atom. The third kappa shape index (κ3) is 3.02. The van der Waals surface area contributed by atoms with Crippen LogP contribution in [0, 0.1) is 0 Å². The number of aliphatic imine (C=N–C) groups is 2. The molecule has 0 aliphatic rings. The maximum atomic E-state index is 12.9. The van der Waals surface area contributed by atoms with Crippen LogP contribution < -0.4 is 0 Å². The van der Waals surface area contributed by atoms with E-state index in [1.807, 2.05) is 0 Å². The molecule has 4 nitrogen and oxygen atoms in total. The van der Waals surface area contributed by atoms with Crippen molar-refractivity contribution in [2.75, 3.05) is 6.54 Å². The Kier molecular flexibility index (Phi) is 5.17. The molecule has 0 aliphatic carbocycles. The van der Waals surface area contributed by atoms with Gasteiger partial charge in [0, 0.05) is 6.42 Å². The molecule has 0 aromatic heterocycles. The van der Waals surface area contributed by atoms with Gasteiger partial charge >= 0.3 is 23.8 Å². The van der Waals surface area contributed by atoms with E-state index < -0.39 is 36.8 Å². The Hall–Kier alpha value is -1.80. The number of alkyl halides is 8. The van der Waals surface area contributed by atoms with E-state index in [0.717, 1.165) is 4.99 Å². The van der Waals surface area contributed by atoms with Crippen molar-refractivity contribution in [1.82, 2.24) is 0 Å². The van der Waals surface area contributed by atoms with Crippen LogP contribution in [0.15, 0.2) is 9.98 Å². The highest BCUT2D eigenvalue weighted by Gasteiger charge is 2.80. The molecule has 114 valence electrons. The number of nitrogens with zero attached hydrogens (tertiary/aromatic N) is 2. The van der Waals surface area contributed by atoms with Gasteiger partial charge in [0.15, 0.2) is 0 Å². The van der Waals surface area contributed by atoms with E-state index in [9.17, 15) is 44.7 Å². The number of rotatable bonds is 7. The summed E-state index contributed by atoms with van der Waals surface area (Å²) in [6.07, 6.45) is -1.56. The lowest BCUT2D eigenvalue weighted by atomic mass is 10.00. The van der Waals surface area contributed by atoms with E-state index in [-0.39, 0.29) is 6.08 Å². The van der Waals surface area contributed by atoms with Crippen LogP contribution in [0.4, 0.5) is 35.1 Å². The quantitative estimate of drug-likeness (QED) is 0.314. The van der Waals surface area contributed by atoms with Gasteiger partial charge in [-0.1, -0.05) is 0 Å². The molecule has 12 heteroatoms. The molecule has 0 bridgehead atoms. The molecule has 0 spiro atoms. The average molecular weight is 312 g/mol. The first-order valence-electron chi connectivity index (χ1n) is 4.51. The Labute approximate surface area is 105 Å². The smallest absolute Gasteiger partial charge is 0.211 e. The molecule has 0 fully saturated rings.